The minimum Gasteiger partial charge on any atom is -0.435 e. The molecule has 0 radical (unpaired) electrons. The fourth-order valence-electron chi connectivity index (χ4n) is 1.52. The lowest BCUT2D eigenvalue weighted by Gasteiger charge is -2.02. The zero-order valence-corrected chi connectivity index (χ0v) is 10.6. The summed E-state index contributed by atoms with van der Waals surface area (Å²) in [6.07, 6.45) is 0. The van der Waals surface area contributed by atoms with Crippen molar-refractivity contribution in [1.29, 1.82) is 5.26 Å². The highest BCUT2D eigenvalue weighted by Crippen LogP contribution is 2.16. The zero-order valence-electron chi connectivity index (χ0n) is 10.6. The van der Waals surface area contributed by atoms with E-state index in [4.69, 9.17) is 9.68 Å². The molecule has 0 fully saturated rings. The topological polar surface area (TPSA) is 95.1 Å². The largest absolute Gasteiger partial charge is 0.435 e. The molecule has 6 heteroatoms. The molecule has 0 aliphatic carbocycles. The fourth-order valence-corrected chi connectivity index (χ4v) is 1.52. The van der Waals surface area contributed by atoms with Gasteiger partial charge in [-0.2, -0.15) is 5.26 Å². The third kappa shape index (κ3) is 3.23. The number of furan rings is 1. The first-order valence-electron chi connectivity index (χ1n) is 5.77. The van der Waals surface area contributed by atoms with Gasteiger partial charge >= 0.3 is 0 Å². The van der Waals surface area contributed by atoms with E-state index < -0.39 is 5.91 Å². The SMILES string of the molecule is CC(=O)Nc1ccc(C(=O)Nc2ccc(C#N)cc2)o1. The van der Waals surface area contributed by atoms with Crippen LogP contribution in [0.4, 0.5) is 11.6 Å². The molecule has 100 valence electrons. The smallest absolute Gasteiger partial charge is 0.291 e. The van der Waals surface area contributed by atoms with Crippen LogP contribution in [0.3, 0.4) is 0 Å². The van der Waals surface area contributed by atoms with Gasteiger partial charge in [0.15, 0.2) is 11.6 Å². The first-order valence-corrected chi connectivity index (χ1v) is 5.77. The van der Waals surface area contributed by atoms with Crippen molar-refractivity contribution in [2.24, 2.45) is 0 Å². The fraction of sp³-hybridized carbons (Fsp3) is 0.0714. The molecular weight excluding hydrogens is 258 g/mol. The molecule has 0 spiro atoms. The maximum atomic E-state index is 11.9. The van der Waals surface area contributed by atoms with Gasteiger partial charge in [0.2, 0.25) is 5.91 Å². The summed E-state index contributed by atoms with van der Waals surface area (Å²) >= 11 is 0. The first-order chi connectivity index (χ1) is 9.58. The van der Waals surface area contributed by atoms with Crippen LogP contribution in [0.15, 0.2) is 40.8 Å². The zero-order chi connectivity index (χ0) is 14.5. The molecule has 0 bridgehead atoms. The van der Waals surface area contributed by atoms with E-state index in [-0.39, 0.29) is 17.6 Å². The number of benzene rings is 1. The quantitative estimate of drug-likeness (QED) is 0.894. The van der Waals surface area contributed by atoms with Crippen molar-refractivity contribution in [3.63, 3.8) is 0 Å². The number of hydrogen-bond acceptors (Lipinski definition) is 4. The van der Waals surface area contributed by atoms with Gasteiger partial charge in [0, 0.05) is 18.7 Å². The Morgan fingerprint density at radius 1 is 1.10 bits per heavy atom. The van der Waals surface area contributed by atoms with Crippen LogP contribution in [-0.2, 0) is 4.79 Å². The molecule has 1 aromatic heterocycles. The molecule has 2 amide bonds. The molecule has 0 aliphatic rings. The minimum absolute atomic E-state index is 0.0816. The number of nitrogens with zero attached hydrogens (tertiary/aromatic N) is 1. The molecule has 1 heterocycles. The summed E-state index contributed by atoms with van der Waals surface area (Å²) in [6.45, 7) is 1.35. The Morgan fingerprint density at radius 3 is 2.40 bits per heavy atom. The van der Waals surface area contributed by atoms with Crippen molar-refractivity contribution in [2.75, 3.05) is 10.6 Å². The molecule has 0 unspecified atom stereocenters. The van der Waals surface area contributed by atoms with Crippen molar-refractivity contribution in [3.8, 4) is 6.07 Å². The van der Waals surface area contributed by atoms with E-state index in [0.717, 1.165) is 0 Å². The third-order valence-corrected chi connectivity index (χ3v) is 2.40. The molecule has 1 aromatic carbocycles. The Morgan fingerprint density at radius 2 is 1.80 bits per heavy atom. The summed E-state index contributed by atoms with van der Waals surface area (Å²) in [5.41, 5.74) is 1.06. The van der Waals surface area contributed by atoms with Crippen LogP contribution in [0, 0.1) is 11.3 Å². The van der Waals surface area contributed by atoms with Gasteiger partial charge in [0.05, 0.1) is 11.6 Å². The van der Waals surface area contributed by atoms with Crippen molar-refractivity contribution in [2.45, 2.75) is 6.92 Å². The summed E-state index contributed by atoms with van der Waals surface area (Å²) in [4.78, 5) is 22.7. The van der Waals surface area contributed by atoms with E-state index in [1.54, 1.807) is 24.3 Å². The minimum atomic E-state index is -0.439. The number of hydrogen-bond donors (Lipinski definition) is 2. The second-order valence-corrected chi connectivity index (χ2v) is 3.99. The second-order valence-electron chi connectivity index (χ2n) is 3.99. The number of carbonyl (C=O) groups excluding carboxylic acids is 2. The van der Waals surface area contributed by atoms with Gasteiger partial charge in [-0.3, -0.25) is 14.9 Å². The van der Waals surface area contributed by atoms with E-state index in [1.165, 1.54) is 19.1 Å². The average Bonchev–Trinajstić information content (AvgIpc) is 2.87. The van der Waals surface area contributed by atoms with Gasteiger partial charge in [-0.15, -0.1) is 0 Å². The van der Waals surface area contributed by atoms with E-state index in [0.29, 0.717) is 11.3 Å². The highest BCUT2D eigenvalue weighted by atomic mass is 16.4. The Balaban J connectivity index is 2.05. The Hall–Kier alpha value is -3.07. The van der Waals surface area contributed by atoms with Crippen LogP contribution in [0.25, 0.3) is 0 Å². The summed E-state index contributed by atoms with van der Waals surface area (Å²) in [5, 5.41) is 13.7. The van der Waals surface area contributed by atoms with Crippen LogP contribution in [0.2, 0.25) is 0 Å². The molecule has 0 saturated heterocycles. The summed E-state index contributed by atoms with van der Waals surface area (Å²) in [5.74, 6) is -0.426. The maximum absolute atomic E-state index is 11.9. The van der Waals surface area contributed by atoms with E-state index in [2.05, 4.69) is 10.6 Å². The van der Waals surface area contributed by atoms with Gasteiger partial charge < -0.3 is 9.73 Å². The Bertz CT molecular complexity index is 680. The van der Waals surface area contributed by atoms with Crippen LogP contribution in [-0.4, -0.2) is 11.8 Å². The number of nitrogens with one attached hydrogen (secondary N) is 2. The second kappa shape index (κ2) is 5.71. The van der Waals surface area contributed by atoms with Crippen LogP contribution in [0.5, 0.6) is 0 Å². The molecule has 6 nitrogen and oxygen atoms in total. The van der Waals surface area contributed by atoms with Gasteiger partial charge in [-0.05, 0) is 30.3 Å². The highest BCUT2D eigenvalue weighted by molar-refractivity contribution is 6.02. The molecule has 2 aromatic rings. The molecule has 0 aliphatic heterocycles. The lowest BCUT2D eigenvalue weighted by atomic mass is 10.2. The molecule has 2 rings (SSSR count). The van der Waals surface area contributed by atoms with Gasteiger partial charge in [0.25, 0.3) is 5.91 Å². The van der Waals surface area contributed by atoms with Crippen molar-refractivity contribution >= 4 is 23.4 Å². The molecule has 2 N–H and O–H groups in total. The number of nitriles is 1. The molecule has 0 atom stereocenters. The van der Waals surface area contributed by atoms with Crippen LogP contribution in [0.1, 0.15) is 23.0 Å². The van der Waals surface area contributed by atoms with Gasteiger partial charge in [0.1, 0.15) is 0 Å². The summed E-state index contributed by atoms with van der Waals surface area (Å²) < 4.78 is 5.18. The van der Waals surface area contributed by atoms with Crippen molar-refractivity contribution in [3.05, 3.63) is 47.7 Å². The standard InChI is InChI=1S/C14H11N3O3/c1-9(18)16-13-7-6-12(20-13)14(19)17-11-4-2-10(8-15)3-5-11/h2-7H,1H3,(H,16,18)(H,17,19). The number of carbonyl (C=O) groups is 2. The highest BCUT2D eigenvalue weighted by Gasteiger charge is 2.12. The van der Waals surface area contributed by atoms with E-state index in [9.17, 15) is 9.59 Å². The van der Waals surface area contributed by atoms with Gasteiger partial charge in [-0.1, -0.05) is 0 Å². The van der Waals surface area contributed by atoms with Crippen LogP contribution >= 0.6 is 0 Å². The van der Waals surface area contributed by atoms with Crippen molar-refractivity contribution in [1.82, 2.24) is 0 Å². The number of anilines is 2. The monoisotopic (exact) mass is 269 g/mol. The maximum Gasteiger partial charge on any atom is 0.291 e. The van der Waals surface area contributed by atoms with Crippen LogP contribution < -0.4 is 10.6 Å². The van der Waals surface area contributed by atoms with E-state index >= 15 is 0 Å². The average molecular weight is 269 g/mol. The predicted molar refractivity (Wildman–Crippen MR) is 72.1 cm³/mol. The third-order valence-electron chi connectivity index (χ3n) is 2.40. The molecule has 0 saturated carbocycles. The van der Waals surface area contributed by atoms with Crippen molar-refractivity contribution < 1.29 is 14.0 Å². The Labute approximate surface area is 115 Å². The van der Waals surface area contributed by atoms with Gasteiger partial charge in [-0.25, -0.2) is 0 Å². The molecular formula is C14H11N3O3. The summed E-state index contributed by atoms with van der Waals surface area (Å²) in [6, 6.07) is 11.4. The molecule has 20 heavy (non-hydrogen) atoms. The lowest BCUT2D eigenvalue weighted by molar-refractivity contribution is -0.114. The Kier molecular flexibility index (Phi) is 3.82. The van der Waals surface area contributed by atoms with E-state index in [1.807, 2.05) is 6.07 Å². The number of rotatable bonds is 3. The first kappa shape index (κ1) is 13.4. The summed E-state index contributed by atoms with van der Waals surface area (Å²) in [7, 11) is 0. The normalized spacial score (nSPS) is 9.60. The number of amides is 2. The predicted octanol–water partition coefficient (Wildman–Crippen LogP) is 2.36. The lowest BCUT2D eigenvalue weighted by Crippen LogP contribution is -2.11.